The second kappa shape index (κ2) is 8.54. The minimum atomic E-state index is -0.498. The van der Waals surface area contributed by atoms with Gasteiger partial charge in [0.15, 0.2) is 0 Å². The molecule has 0 saturated carbocycles. The first-order valence-electron chi connectivity index (χ1n) is 9.33. The Morgan fingerprint density at radius 1 is 1.27 bits per heavy atom. The molecule has 0 aliphatic heterocycles. The summed E-state index contributed by atoms with van der Waals surface area (Å²) in [5.41, 5.74) is 2.03. The highest BCUT2D eigenvalue weighted by molar-refractivity contribution is 8.00. The number of non-ortho nitro benzene ring substituents is 1. The Morgan fingerprint density at radius 2 is 2.07 bits per heavy atom. The van der Waals surface area contributed by atoms with Gasteiger partial charge >= 0.3 is 5.69 Å². The van der Waals surface area contributed by atoms with E-state index in [-0.39, 0.29) is 23.0 Å². The van der Waals surface area contributed by atoms with Crippen LogP contribution in [0, 0.1) is 10.1 Å². The van der Waals surface area contributed by atoms with Crippen molar-refractivity contribution in [1.82, 2.24) is 9.55 Å². The van der Waals surface area contributed by atoms with Gasteiger partial charge in [0.25, 0.3) is 5.69 Å². The number of carbonyl (C=O) groups excluding carboxylic acids is 1. The zero-order valence-electron chi connectivity index (χ0n) is 15.9. The van der Waals surface area contributed by atoms with Crippen LogP contribution >= 0.6 is 11.8 Å². The van der Waals surface area contributed by atoms with Crippen LogP contribution in [0.5, 0.6) is 0 Å². The number of amides is 1. The molecule has 1 aromatic carbocycles. The number of nitrogens with zero attached hydrogens (tertiary/aromatic N) is 3. The lowest BCUT2D eigenvalue weighted by Crippen LogP contribution is -2.28. The number of furan rings is 1. The van der Waals surface area contributed by atoms with Crippen molar-refractivity contribution in [3.05, 3.63) is 80.3 Å². The molecule has 0 bridgehead atoms. The molecular weight excluding hydrogens is 408 g/mol. The van der Waals surface area contributed by atoms with E-state index >= 15 is 0 Å². The molecule has 0 radical (unpaired) electrons. The van der Waals surface area contributed by atoms with E-state index in [0.29, 0.717) is 23.0 Å². The molecular formula is C20H18N4O5S. The number of aromatic nitrogens is 2. The topological polar surface area (TPSA) is 120 Å². The van der Waals surface area contributed by atoms with Gasteiger partial charge in [-0.25, -0.2) is 4.79 Å². The number of nitrogens with one attached hydrogen (secondary N) is 1. The van der Waals surface area contributed by atoms with Gasteiger partial charge in [-0.2, -0.15) is 4.98 Å². The molecule has 2 heterocycles. The number of carbonyl (C=O) groups is 1. The Kier molecular flexibility index (Phi) is 5.66. The number of benzene rings is 1. The third-order valence-electron chi connectivity index (χ3n) is 4.80. The fourth-order valence-electron chi connectivity index (χ4n) is 3.42. The maximum absolute atomic E-state index is 12.6. The van der Waals surface area contributed by atoms with E-state index in [1.54, 1.807) is 16.9 Å². The predicted molar refractivity (Wildman–Crippen MR) is 111 cm³/mol. The molecule has 0 unspecified atom stereocenters. The summed E-state index contributed by atoms with van der Waals surface area (Å²) in [5.74, 6) is 0.496. The molecule has 0 spiro atoms. The van der Waals surface area contributed by atoms with Crippen molar-refractivity contribution < 1.29 is 14.1 Å². The van der Waals surface area contributed by atoms with Crippen molar-refractivity contribution in [3.63, 3.8) is 0 Å². The van der Waals surface area contributed by atoms with Gasteiger partial charge in [-0.1, -0.05) is 11.8 Å². The summed E-state index contributed by atoms with van der Waals surface area (Å²) >= 11 is 1.22. The Bertz CT molecular complexity index is 1140. The number of rotatable bonds is 7. The summed E-state index contributed by atoms with van der Waals surface area (Å²) in [6, 6.07) is 9.21. The molecule has 4 rings (SSSR count). The number of anilines is 1. The van der Waals surface area contributed by atoms with Crippen LogP contribution < -0.4 is 11.0 Å². The van der Waals surface area contributed by atoms with Crippen molar-refractivity contribution in [1.29, 1.82) is 0 Å². The van der Waals surface area contributed by atoms with Crippen molar-refractivity contribution in [2.75, 3.05) is 11.1 Å². The minimum Gasteiger partial charge on any atom is -0.467 e. The molecule has 10 heteroatoms. The molecule has 2 aromatic heterocycles. The Morgan fingerprint density at radius 3 is 2.77 bits per heavy atom. The van der Waals surface area contributed by atoms with Gasteiger partial charge in [-0.3, -0.25) is 19.5 Å². The molecule has 154 valence electrons. The van der Waals surface area contributed by atoms with Crippen molar-refractivity contribution in [3.8, 4) is 0 Å². The van der Waals surface area contributed by atoms with Gasteiger partial charge in [0.05, 0.1) is 23.5 Å². The highest BCUT2D eigenvalue weighted by Gasteiger charge is 2.23. The minimum absolute atomic E-state index is 0.0442. The first-order chi connectivity index (χ1) is 14.5. The van der Waals surface area contributed by atoms with Gasteiger partial charge in [0, 0.05) is 29.1 Å². The maximum atomic E-state index is 12.6. The summed E-state index contributed by atoms with van der Waals surface area (Å²) in [4.78, 5) is 39.3. The van der Waals surface area contributed by atoms with E-state index in [1.165, 1.54) is 36.0 Å². The third-order valence-corrected chi connectivity index (χ3v) is 5.81. The normalized spacial score (nSPS) is 12.5. The van der Waals surface area contributed by atoms with E-state index in [1.807, 2.05) is 6.07 Å². The number of nitro groups is 1. The molecule has 30 heavy (non-hydrogen) atoms. The van der Waals surface area contributed by atoms with E-state index in [9.17, 15) is 19.7 Å². The van der Waals surface area contributed by atoms with Crippen molar-refractivity contribution in [2.45, 2.75) is 30.8 Å². The standard InChI is InChI=1S/C20H18N4O5S/c25-18(21-13-6-8-14(9-7-13)24(27)28)12-30-19-16-4-1-5-17(16)23(20(26)22-19)11-15-3-2-10-29-15/h2-3,6-10H,1,4-5,11-12H2,(H,21,25). The van der Waals surface area contributed by atoms with Gasteiger partial charge in [0.2, 0.25) is 5.91 Å². The second-order valence-corrected chi connectivity index (χ2v) is 7.75. The number of nitro benzene ring substituents is 1. The summed E-state index contributed by atoms with van der Waals surface area (Å²) in [7, 11) is 0. The average Bonchev–Trinajstić information content (AvgIpc) is 3.41. The van der Waals surface area contributed by atoms with Gasteiger partial charge in [0.1, 0.15) is 10.8 Å². The first kappa shape index (κ1) is 19.9. The van der Waals surface area contributed by atoms with E-state index in [4.69, 9.17) is 4.42 Å². The van der Waals surface area contributed by atoms with Crippen molar-refractivity contribution in [2.24, 2.45) is 0 Å². The van der Waals surface area contributed by atoms with Crippen molar-refractivity contribution >= 4 is 29.0 Å². The van der Waals surface area contributed by atoms with Gasteiger partial charge in [-0.15, -0.1) is 0 Å². The molecule has 1 aliphatic rings. The molecule has 0 saturated heterocycles. The maximum Gasteiger partial charge on any atom is 0.349 e. The summed E-state index contributed by atoms with van der Waals surface area (Å²) in [5, 5.41) is 14.0. The number of fused-ring (bicyclic) bond motifs is 1. The predicted octanol–water partition coefficient (Wildman–Crippen LogP) is 3.01. The van der Waals surface area contributed by atoms with Crippen LogP contribution in [0.1, 0.15) is 23.4 Å². The van der Waals surface area contributed by atoms with E-state index in [2.05, 4.69) is 10.3 Å². The number of hydrogen-bond donors (Lipinski definition) is 1. The highest BCUT2D eigenvalue weighted by Crippen LogP contribution is 2.29. The van der Waals surface area contributed by atoms with Crippen LogP contribution in [0.25, 0.3) is 0 Å². The van der Waals surface area contributed by atoms with Crippen LogP contribution in [0.3, 0.4) is 0 Å². The highest BCUT2D eigenvalue weighted by atomic mass is 32.2. The van der Waals surface area contributed by atoms with Crippen LogP contribution in [-0.4, -0.2) is 26.1 Å². The third kappa shape index (κ3) is 4.28. The molecule has 0 atom stereocenters. The average molecular weight is 426 g/mol. The summed E-state index contributed by atoms with van der Waals surface area (Å²) in [6.07, 6.45) is 4.10. The van der Waals surface area contributed by atoms with Crippen LogP contribution in [0.15, 0.2) is 56.9 Å². The number of thioether (sulfide) groups is 1. The molecule has 9 nitrogen and oxygen atoms in total. The molecule has 1 aliphatic carbocycles. The van der Waals surface area contributed by atoms with Crippen LogP contribution in [0.2, 0.25) is 0 Å². The lowest BCUT2D eigenvalue weighted by molar-refractivity contribution is -0.384. The molecule has 1 amide bonds. The zero-order valence-corrected chi connectivity index (χ0v) is 16.7. The van der Waals surface area contributed by atoms with Gasteiger partial charge < -0.3 is 9.73 Å². The molecule has 0 fully saturated rings. The smallest absolute Gasteiger partial charge is 0.349 e. The largest absolute Gasteiger partial charge is 0.467 e. The fraction of sp³-hybridized carbons (Fsp3) is 0.250. The number of hydrogen-bond acceptors (Lipinski definition) is 7. The quantitative estimate of drug-likeness (QED) is 0.267. The Hall–Kier alpha value is -3.40. The SMILES string of the molecule is O=C(CSc1nc(=O)n(Cc2ccco2)c2c1CCC2)Nc1ccc([N+](=O)[O-])cc1. The van der Waals surface area contributed by atoms with Crippen LogP contribution in [0.4, 0.5) is 11.4 Å². The van der Waals surface area contributed by atoms with E-state index < -0.39 is 4.92 Å². The summed E-state index contributed by atoms with van der Waals surface area (Å²) < 4.78 is 7.00. The second-order valence-electron chi connectivity index (χ2n) is 6.78. The Balaban J connectivity index is 1.45. The molecule has 1 N–H and O–H groups in total. The summed E-state index contributed by atoms with van der Waals surface area (Å²) in [6.45, 7) is 0.340. The lowest BCUT2D eigenvalue weighted by Gasteiger charge is -2.13. The lowest BCUT2D eigenvalue weighted by atomic mass is 10.2. The zero-order chi connectivity index (χ0) is 21.1. The van der Waals surface area contributed by atoms with Gasteiger partial charge in [-0.05, 0) is 43.5 Å². The monoisotopic (exact) mass is 426 g/mol. The Labute approximate surface area is 175 Å². The molecule has 3 aromatic rings. The van der Waals surface area contributed by atoms with Crippen LogP contribution in [-0.2, 0) is 24.2 Å². The fourth-order valence-corrected chi connectivity index (χ4v) is 4.30. The first-order valence-corrected chi connectivity index (χ1v) is 10.3. The van der Waals surface area contributed by atoms with E-state index in [0.717, 1.165) is 30.5 Å².